The molecule has 4 nitrogen and oxygen atoms in total. The Morgan fingerprint density at radius 2 is 1.92 bits per heavy atom. The molecule has 1 atom stereocenters. The van der Waals surface area contributed by atoms with Gasteiger partial charge in [0.1, 0.15) is 0 Å². The largest absolute Gasteiger partial charge is 0.356 e. The molecule has 1 heterocycles. The normalized spacial score (nSPS) is 17.4. The van der Waals surface area contributed by atoms with E-state index in [4.69, 9.17) is 0 Å². The average molecular weight is 357 g/mol. The molecule has 1 unspecified atom stereocenters. The Balaban J connectivity index is 1.55. The molecule has 25 heavy (non-hydrogen) atoms. The Kier molecular flexibility index (Phi) is 5.76. The highest BCUT2D eigenvalue weighted by Gasteiger charge is 2.44. The van der Waals surface area contributed by atoms with Crippen molar-refractivity contribution in [2.24, 2.45) is 4.99 Å². The van der Waals surface area contributed by atoms with Crippen LogP contribution in [0.15, 0.2) is 52.8 Å². The fourth-order valence-electron chi connectivity index (χ4n) is 3.20. The highest BCUT2D eigenvalue weighted by atomic mass is 32.1. The third kappa shape index (κ3) is 4.41. The second kappa shape index (κ2) is 8.02. The highest BCUT2D eigenvalue weighted by molar-refractivity contribution is 7.10. The molecule has 0 saturated heterocycles. The van der Waals surface area contributed by atoms with Gasteiger partial charge in [0.05, 0.1) is 6.04 Å². The first kappa shape index (κ1) is 18.0. The molecule has 2 aromatic rings. The van der Waals surface area contributed by atoms with E-state index in [1.54, 1.807) is 11.3 Å². The number of nitrogens with zero attached hydrogens (tertiary/aromatic N) is 2. The number of likely N-dealkylation sites (N-methyl/N-ethyl adjacent to an activating group) is 1. The Bertz CT molecular complexity index is 675. The van der Waals surface area contributed by atoms with Gasteiger partial charge in [0.2, 0.25) is 0 Å². The first-order valence-corrected chi connectivity index (χ1v) is 9.72. The van der Waals surface area contributed by atoms with E-state index in [-0.39, 0.29) is 5.41 Å². The Hall–Kier alpha value is -1.85. The lowest BCUT2D eigenvalue weighted by Crippen LogP contribution is -2.44. The smallest absolute Gasteiger partial charge is 0.191 e. The van der Waals surface area contributed by atoms with Crippen LogP contribution in [0.1, 0.15) is 29.3 Å². The van der Waals surface area contributed by atoms with Gasteiger partial charge in [0, 0.05) is 30.4 Å². The van der Waals surface area contributed by atoms with Crippen LogP contribution in [0.5, 0.6) is 0 Å². The number of hydrogen-bond acceptors (Lipinski definition) is 3. The molecule has 0 spiro atoms. The highest BCUT2D eigenvalue weighted by Crippen LogP contribution is 2.47. The van der Waals surface area contributed by atoms with Gasteiger partial charge in [0.25, 0.3) is 0 Å². The summed E-state index contributed by atoms with van der Waals surface area (Å²) in [5, 5.41) is 9.16. The van der Waals surface area contributed by atoms with Crippen LogP contribution in [0, 0.1) is 0 Å². The summed E-state index contributed by atoms with van der Waals surface area (Å²) in [5.41, 5.74) is 1.72. The molecule has 1 aliphatic carbocycles. The zero-order chi connectivity index (χ0) is 17.7. The average Bonchev–Trinajstić information content (AvgIpc) is 3.24. The van der Waals surface area contributed by atoms with Crippen molar-refractivity contribution in [3.8, 4) is 0 Å². The lowest BCUT2D eigenvalue weighted by Gasteiger charge is -2.25. The van der Waals surface area contributed by atoms with Crippen molar-refractivity contribution in [1.82, 2.24) is 15.5 Å². The van der Waals surface area contributed by atoms with E-state index < -0.39 is 0 Å². The van der Waals surface area contributed by atoms with Crippen LogP contribution in [0.2, 0.25) is 0 Å². The minimum absolute atomic E-state index is 0.285. The molecule has 2 N–H and O–H groups in total. The van der Waals surface area contributed by atoms with Crippen molar-refractivity contribution in [2.45, 2.75) is 24.3 Å². The van der Waals surface area contributed by atoms with Crippen LogP contribution in [0.3, 0.4) is 0 Å². The van der Waals surface area contributed by atoms with Crippen molar-refractivity contribution >= 4 is 17.3 Å². The van der Waals surface area contributed by atoms with Crippen molar-refractivity contribution in [3.05, 3.63) is 58.3 Å². The van der Waals surface area contributed by atoms with Gasteiger partial charge in [-0.1, -0.05) is 36.4 Å². The van der Waals surface area contributed by atoms with Crippen LogP contribution in [0.25, 0.3) is 0 Å². The molecule has 1 aliphatic rings. The quantitative estimate of drug-likeness (QED) is 0.591. The van der Waals surface area contributed by atoms with E-state index in [0.717, 1.165) is 19.0 Å². The first-order valence-electron chi connectivity index (χ1n) is 8.84. The molecular formula is C20H28N4S. The third-order valence-electron chi connectivity index (χ3n) is 5.02. The Morgan fingerprint density at radius 1 is 1.16 bits per heavy atom. The molecule has 1 aromatic carbocycles. The summed E-state index contributed by atoms with van der Waals surface area (Å²) in [6, 6.07) is 15.5. The minimum Gasteiger partial charge on any atom is -0.356 e. The second-order valence-corrected chi connectivity index (χ2v) is 7.93. The second-order valence-electron chi connectivity index (χ2n) is 6.95. The molecule has 0 radical (unpaired) electrons. The maximum Gasteiger partial charge on any atom is 0.191 e. The minimum atomic E-state index is 0.285. The van der Waals surface area contributed by atoms with Crippen molar-refractivity contribution in [1.29, 1.82) is 0 Å². The molecule has 134 valence electrons. The van der Waals surface area contributed by atoms with Gasteiger partial charge in [-0.3, -0.25) is 4.99 Å². The molecule has 0 amide bonds. The summed E-state index contributed by atoms with van der Waals surface area (Å²) in [7, 11) is 6.08. The van der Waals surface area contributed by atoms with Crippen LogP contribution in [-0.2, 0) is 5.41 Å². The number of thiophene rings is 1. The Labute approximate surface area is 155 Å². The van der Waals surface area contributed by atoms with Crippen LogP contribution >= 0.6 is 11.3 Å². The number of rotatable bonds is 7. The summed E-state index contributed by atoms with van der Waals surface area (Å²) >= 11 is 1.80. The number of nitrogens with one attached hydrogen (secondary N) is 2. The zero-order valence-electron chi connectivity index (χ0n) is 15.3. The summed E-state index contributed by atoms with van der Waals surface area (Å²) in [5.74, 6) is 0.880. The Morgan fingerprint density at radius 3 is 2.48 bits per heavy atom. The fourth-order valence-corrected chi connectivity index (χ4v) is 4.12. The maximum atomic E-state index is 4.40. The van der Waals surface area contributed by atoms with Gasteiger partial charge in [-0.05, 0) is 43.9 Å². The standard InChI is InChI=1S/C20H28N4S/c1-21-19(22-14-17(24(2)3)18-10-7-13-25-18)23-15-20(11-12-20)16-8-5-4-6-9-16/h4-10,13,17H,11-12,14-15H2,1-3H3,(H2,21,22,23). The molecule has 3 rings (SSSR count). The van der Waals surface area contributed by atoms with Gasteiger partial charge >= 0.3 is 0 Å². The van der Waals surface area contributed by atoms with Gasteiger partial charge in [0.15, 0.2) is 5.96 Å². The third-order valence-corrected chi connectivity index (χ3v) is 5.99. The number of aliphatic imine (C=N–C) groups is 1. The number of benzene rings is 1. The number of guanidine groups is 1. The topological polar surface area (TPSA) is 39.7 Å². The number of hydrogen-bond donors (Lipinski definition) is 2. The van der Waals surface area contributed by atoms with Crippen LogP contribution < -0.4 is 10.6 Å². The fraction of sp³-hybridized carbons (Fsp3) is 0.450. The molecular weight excluding hydrogens is 328 g/mol. The van der Waals surface area contributed by atoms with E-state index in [0.29, 0.717) is 6.04 Å². The summed E-state index contributed by atoms with van der Waals surface area (Å²) < 4.78 is 0. The lowest BCUT2D eigenvalue weighted by molar-refractivity contribution is 0.302. The van der Waals surface area contributed by atoms with Gasteiger partial charge in [-0.25, -0.2) is 0 Å². The van der Waals surface area contributed by atoms with E-state index >= 15 is 0 Å². The van der Waals surface area contributed by atoms with E-state index in [9.17, 15) is 0 Å². The molecule has 1 fully saturated rings. The molecule has 0 aliphatic heterocycles. The summed E-state index contributed by atoms with van der Waals surface area (Å²) in [4.78, 5) is 8.02. The van der Waals surface area contributed by atoms with Gasteiger partial charge in [-0.15, -0.1) is 11.3 Å². The zero-order valence-corrected chi connectivity index (χ0v) is 16.1. The molecule has 1 saturated carbocycles. The van der Waals surface area contributed by atoms with Crippen LogP contribution in [-0.4, -0.2) is 45.1 Å². The SMILES string of the molecule is CN=C(NCC(c1cccs1)N(C)C)NCC1(c2ccccc2)CC1. The van der Waals surface area contributed by atoms with Gasteiger partial charge < -0.3 is 15.5 Å². The van der Waals surface area contributed by atoms with E-state index in [1.165, 1.54) is 23.3 Å². The predicted molar refractivity (Wildman–Crippen MR) is 107 cm³/mol. The van der Waals surface area contributed by atoms with Crippen LogP contribution in [0.4, 0.5) is 0 Å². The molecule has 1 aromatic heterocycles. The van der Waals surface area contributed by atoms with Gasteiger partial charge in [-0.2, -0.15) is 0 Å². The molecule has 5 heteroatoms. The monoisotopic (exact) mass is 356 g/mol. The summed E-state index contributed by atoms with van der Waals surface area (Å²) in [6.07, 6.45) is 2.49. The van der Waals surface area contributed by atoms with Crippen molar-refractivity contribution in [3.63, 3.8) is 0 Å². The first-order chi connectivity index (χ1) is 12.1. The van der Waals surface area contributed by atoms with E-state index in [2.05, 4.69) is 82.5 Å². The predicted octanol–water partition coefficient (Wildman–Crippen LogP) is 3.25. The molecule has 0 bridgehead atoms. The maximum absolute atomic E-state index is 4.40. The lowest BCUT2D eigenvalue weighted by atomic mass is 9.96. The summed E-state index contributed by atoms with van der Waals surface area (Å²) in [6.45, 7) is 1.77. The van der Waals surface area contributed by atoms with E-state index in [1.807, 2.05) is 7.05 Å². The van der Waals surface area contributed by atoms with Crippen molar-refractivity contribution < 1.29 is 0 Å². The van der Waals surface area contributed by atoms with Crippen molar-refractivity contribution in [2.75, 3.05) is 34.2 Å².